The summed E-state index contributed by atoms with van der Waals surface area (Å²) in [5, 5.41) is 11.2. The van der Waals surface area contributed by atoms with Crippen molar-refractivity contribution in [3.8, 4) is 5.75 Å². The first-order valence-electron chi connectivity index (χ1n) is 13.8. The zero-order valence-corrected chi connectivity index (χ0v) is 26.4. The Balaban J connectivity index is 0.00000560. The molecule has 0 radical (unpaired) electrons. The number of hydrogen-bond donors (Lipinski definition) is 1. The van der Waals surface area contributed by atoms with Crippen LogP contribution >= 0.6 is 17.0 Å². The van der Waals surface area contributed by atoms with Gasteiger partial charge in [0, 0.05) is 12.5 Å². The number of phenols is 1. The van der Waals surface area contributed by atoms with Crippen molar-refractivity contribution >= 4 is 29.1 Å². The fraction of sp³-hybridized carbons (Fsp3) is 0.562. The van der Waals surface area contributed by atoms with Gasteiger partial charge in [-0.15, -0.1) is 17.0 Å². The summed E-state index contributed by atoms with van der Waals surface area (Å²) in [5.41, 5.74) is 2.28. The molecule has 1 aliphatic rings. The highest BCUT2D eigenvalue weighted by atomic mass is 79.9. The number of phenolic OH excluding ortho intramolecular Hbond substituents is 1. The topological polar surface area (TPSA) is 52.9 Å². The molecule has 0 aliphatic carbocycles. The van der Waals surface area contributed by atoms with Crippen molar-refractivity contribution < 1.29 is 23.1 Å². The Labute approximate surface area is 247 Å². The summed E-state index contributed by atoms with van der Waals surface area (Å²) < 4.78 is 40.3. The molecule has 0 spiro atoms. The Morgan fingerprint density at radius 2 is 1.57 bits per heavy atom. The molecule has 1 saturated heterocycles. The number of alkyl halides is 3. The number of aldehydes is 1. The summed E-state index contributed by atoms with van der Waals surface area (Å²) in [7, 11) is 0. The highest BCUT2D eigenvalue weighted by Crippen LogP contribution is 2.43. The highest BCUT2D eigenvalue weighted by Gasteiger charge is 2.42. The van der Waals surface area contributed by atoms with Crippen molar-refractivity contribution in [2.75, 3.05) is 13.1 Å². The van der Waals surface area contributed by atoms with Gasteiger partial charge in [0.25, 0.3) is 0 Å². The third-order valence-corrected chi connectivity index (χ3v) is 7.56. The van der Waals surface area contributed by atoms with Crippen LogP contribution in [0.25, 0.3) is 0 Å². The number of benzene rings is 2. The SMILES string of the molecule is Br.CCCC1CN(C(C=O)c2cc(C(C)(C)C)c(O)c(C(C)(C)C)c2)C(=NCC(F)(F)F)C1Cc1ccccc1. The molecular formula is C32H44BrF3N2O2. The van der Waals surface area contributed by atoms with Gasteiger partial charge in [0.2, 0.25) is 0 Å². The van der Waals surface area contributed by atoms with E-state index < -0.39 is 29.6 Å². The predicted octanol–water partition coefficient (Wildman–Crippen LogP) is 8.36. The molecule has 1 heterocycles. The molecule has 222 valence electrons. The third kappa shape index (κ3) is 8.11. The van der Waals surface area contributed by atoms with E-state index in [0.29, 0.717) is 35.5 Å². The molecule has 2 aromatic rings. The van der Waals surface area contributed by atoms with Gasteiger partial charge in [-0.05, 0) is 64.0 Å². The first kappa shape index (κ1) is 33.9. The Hall–Kier alpha value is -2.35. The zero-order valence-electron chi connectivity index (χ0n) is 24.7. The fourth-order valence-corrected chi connectivity index (χ4v) is 5.62. The molecule has 1 fully saturated rings. The molecule has 0 aromatic heterocycles. The van der Waals surface area contributed by atoms with Gasteiger partial charge in [0.1, 0.15) is 30.5 Å². The van der Waals surface area contributed by atoms with Crippen LogP contribution in [0.1, 0.15) is 89.6 Å². The summed E-state index contributed by atoms with van der Waals surface area (Å²) >= 11 is 0. The fourth-order valence-electron chi connectivity index (χ4n) is 5.62. The summed E-state index contributed by atoms with van der Waals surface area (Å²) in [6, 6.07) is 12.6. The van der Waals surface area contributed by atoms with Gasteiger partial charge >= 0.3 is 6.18 Å². The van der Waals surface area contributed by atoms with E-state index in [1.807, 2.05) is 84.0 Å². The van der Waals surface area contributed by atoms with E-state index in [9.17, 15) is 23.1 Å². The molecule has 2 aromatic carbocycles. The van der Waals surface area contributed by atoms with E-state index in [-0.39, 0.29) is 34.6 Å². The molecule has 1 N–H and O–H groups in total. The summed E-state index contributed by atoms with van der Waals surface area (Å²) in [4.78, 5) is 18.7. The van der Waals surface area contributed by atoms with E-state index in [1.54, 1.807) is 4.90 Å². The van der Waals surface area contributed by atoms with Crippen LogP contribution in [0, 0.1) is 11.8 Å². The standard InChI is InChI=1S/C32H43F3N2O2.BrH/c1-8-12-22-18-37(29(36-20-32(33,34)35)24(22)15-21-13-10-9-11-14-21)27(19-38)23-16-25(30(2,3)4)28(39)26(17-23)31(5,6)7;/h9-11,13-14,16-17,19,22,24,27,39H,8,12,15,18,20H2,1-7H3;1H. The first-order valence-corrected chi connectivity index (χ1v) is 13.8. The van der Waals surface area contributed by atoms with E-state index >= 15 is 0 Å². The first-order chi connectivity index (χ1) is 18.1. The van der Waals surface area contributed by atoms with Gasteiger partial charge in [0.05, 0.1) is 0 Å². The van der Waals surface area contributed by atoms with Crippen molar-refractivity contribution in [3.63, 3.8) is 0 Å². The van der Waals surface area contributed by atoms with Gasteiger partial charge < -0.3 is 14.8 Å². The average molecular weight is 626 g/mol. The average Bonchev–Trinajstić information content (AvgIpc) is 3.14. The van der Waals surface area contributed by atoms with Gasteiger partial charge in [-0.1, -0.05) is 85.2 Å². The number of carbonyl (C=O) groups is 1. The smallest absolute Gasteiger partial charge is 0.408 e. The zero-order chi connectivity index (χ0) is 29.2. The van der Waals surface area contributed by atoms with Gasteiger partial charge in [0.15, 0.2) is 0 Å². The van der Waals surface area contributed by atoms with Crippen LogP contribution in [0.5, 0.6) is 5.75 Å². The number of amidine groups is 1. The van der Waals surface area contributed by atoms with Crippen molar-refractivity contribution in [1.29, 1.82) is 0 Å². The number of carbonyl (C=O) groups excluding carboxylic acids is 1. The Kier molecular flexibility index (Phi) is 11.1. The minimum absolute atomic E-state index is 0. The van der Waals surface area contributed by atoms with Crippen molar-refractivity contribution in [2.24, 2.45) is 16.8 Å². The molecule has 3 rings (SSSR count). The number of likely N-dealkylation sites (tertiary alicyclic amines) is 1. The van der Waals surface area contributed by atoms with Gasteiger partial charge in [-0.3, -0.25) is 4.99 Å². The Morgan fingerprint density at radius 3 is 2.02 bits per heavy atom. The van der Waals surface area contributed by atoms with Crippen LogP contribution in [-0.2, 0) is 22.0 Å². The second-order valence-electron chi connectivity index (χ2n) is 12.8. The molecule has 40 heavy (non-hydrogen) atoms. The number of nitrogens with zero attached hydrogens (tertiary/aromatic N) is 2. The lowest BCUT2D eigenvalue weighted by Gasteiger charge is -2.32. The largest absolute Gasteiger partial charge is 0.507 e. The van der Waals surface area contributed by atoms with Crippen LogP contribution in [0.4, 0.5) is 13.2 Å². The normalized spacial score (nSPS) is 19.9. The molecule has 8 heteroatoms. The summed E-state index contributed by atoms with van der Waals surface area (Å²) in [6.07, 6.45) is -1.39. The lowest BCUT2D eigenvalue weighted by molar-refractivity contribution is -0.118. The minimum Gasteiger partial charge on any atom is -0.507 e. The number of rotatable bonds is 8. The maximum absolute atomic E-state index is 13.4. The molecule has 0 bridgehead atoms. The van der Waals surface area contributed by atoms with Crippen LogP contribution in [0.3, 0.4) is 0 Å². The second-order valence-corrected chi connectivity index (χ2v) is 12.8. The summed E-state index contributed by atoms with van der Waals surface area (Å²) in [5.74, 6) is 0.361. The van der Waals surface area contributed by atoms with Crippen LogP contribution in [0.15, 0.2) is 47.5 Å². The molecule has 4 nitrogen and oxygen atoms in total. The van der Waals surface area contributed by atoms with Crippen molar-refractivity contribution in [3.05, 3.63) is 64.7 Å². The van der Waals surface area contributed by atoms with Crippen molar-refractivity contribution in [1.82, 2.24) is 4.90 Å². The number of aromatic hydroxyl groups is 1. The lowest BCUT2D eigenvalue weighted by Crippen LogP contribution is -2.35. The summed E-state index contributed by atoms with van der Waals surface area (Å²) in [6.45, 7) is 13.2. The molecule has 1 aliphatic heterocycles. The molecular weight excluding hydrogens is 581 g/mol. The second kappa shape index (κ2) is 13.1. The van der Waals surface area contributed by atoms with Crippen LogP contribution in [0.2, 0.25) is 0 Å². The van der Waals surface area contributed by atoms with E-state index in [1.165, 1.54) is 0 Å². The lowest BCUT2D eigenvalue weighted by atomic mass is 9.77. The predicted molar refractivity (Wildman–Crippen MR) is 162 cm³/mol. The quantitative estimate of drug-likeness (QED) is 0.300. The molecule has 3 atom stereocenters. The molecule has 0 saturated carbocycles. The third-order valence-electron chi connectivity index (χ3n) is 7.56. The monoisotopic (exact) mass is 624 g/mol. The molecule has 3 unspecified atom stereocenters. The number of aliphatic imine (C=N–C) groups is 1. The van der Waals surface area contributed by atoms with E-state index in [4.69, 9.17) is 0 Å². The van der Waals surface area contributed by atoms with Gasteiger partial charge in [-0.2, -0.15) is 13.2 Å². The molecule has 0 amide bonds. The van der Waals surface area contributed by atoms with Crippen LogP contribution in [-0.4, -0.2) is 41.4 Å². The maximum atomic E-state index is 13.4. The Morgan fingerprint density at radius 1 is 1.02 bits per heavy atom. The maximum Gasteiger partial charge on any atom is 0.408 e. The van der Waals surface area contributed by atoms with Crippen LogP contribution < -0.4 is 0 Å². The number of hydrogen-bond acceptors (Lipinski definition) is 3. The van der Waals surface area contributed by atoms with Gasteiger partial charge in [-0.25, -0.2) is 0 Å². The highest BCUT2D eigenvalue weighted by molar-refractivity contribution is 8.93. The number of halogens is 4. The van der Waals surface area contributed by atoms with E-state index in [0.717, 1.165) is 24.7 Å². The minimum atomic E-state index is -4.45. The van der Waals surface area contributed by atoms with Crippen molar-refractivity contribution in [2.45, 2.75) is 90.8 Å². The Bertz CT molecular complexity index is 1130. The van der Waals surface area contributed by atoms with E-state index in [2.05, 4.69) is 11.9 Å².